The molecule has 0 aliphatic carbocycles. The third-order valence-electron chi connectivity index (χ3n) is 0.805. The summed E-state index contributed by atoms with van der Waals surface area (Å²) in [5.74, 6) is -1.54. The van der Waals surface area contributed by atoms with Gasteiger partial charge in [-0.1, -0.05) is 0 Å². The van der Waals surface area contributed by atoms with E-state index in [1.54, 1.807) is 0 Å². The third-order valence-corrected chi connectivity index (χ3v) is 0.805. The van der Waals surface area contributed by atoms with Crippen LogP contribution < -0.4 is 0 Å². The molecule has 0 aromatic carbocycles. The Hall–Kier alpha value is -0.690. The fraction of sp³-hybridized carbons (Fsp3) is 0.750. The normalized spacial score (nSPS) is 15.1. The van der Waals surface area contributed by atoms with Crippen LogP contribution in [0.1, 0.15) is 0 Å². The van der Waals surface area contributed by atoms with Crippen LogP contribution in [0.5, 0.6) is 0 Å². The highest BCUT2D eigenvalue weighted by Crippen LogP contribution is 1.90. The zero-order valence-electron chi connectivity index (χ0n) is 5.06. The number of rotatable bonds is 3. The Morgan fingerprint density at radius 1 is 1.40 bits per heavy atom. The zero-order chi connectivity index (χ0) is 7.44. The first-order valence-corrected chi connectivity index (χ1v) is 2.29. The van der Waals surface area contributed by atoms with Gasteiger partial charge >= 0.3 is 5.97 Å². The monoisotopic (exact) mass is 154 g/mol. The van der Waals surface area contributed by atoms with Crippen LogP contribution in [-0.4, -0.2) is 50.7 Å². The predicted molar refractivity (Wildman–Crippen MR) is 30.3 cm³/mol. The molecule has 2 atom stereocenters. The number of carboxylic acid groups (broad SMARTS) is 1. The number of carbonyl (C=O) groups is 1. The standard InChI is InChI=1S/C4H8O5.H2O/c5-1-2(6)3(7)4(8)9;/h2-3,5-7H,1H2,(H,8,9);1H2. The highest BCUT2D eigenvalue weighted by molar-refractivity contribution is 5.72. The number of aliphatic carboxylic acids is 1. The average molecular weight is 154 g/mol. The molecule has 0 fully saturated rings. The van der Waals surface area contributed by atoms with Crippen molar-refractivity contribution in [2.24, 2.45) is 0 Å². The van der Waals surface area contributed by atoms with E-state index in [4.69, 9.17) is 20.4 Å². The van der Waals surface area contributed by atoms with E-state index in [9.17, 15) is 4.79 Å². The molecule has 0 aliphatic rings. The molecule has 0 saturated carbocycles. The van der Waals surface area contributed by atoms with E-state index in [-0.39, 0.29) is 5.48 Å². The second kappa shape index (κ2) is 5.12. The average Bonchev–Trinajstić information content (AvgIpc) is 1.84. The number of aliphatic hydroxyl groups is 3. The molecule has 0 aromatic heterocycles. The van der Waals surface area contributed by atoms with E-state index in [1.165, 1.54) is 0 Å². The molecule has 0 aromatic rings. The van der Waals surface area contributed by atoms with E-state index in [2.05, 4.69) is 0 Å². The number of hydrogen-bond donors (Lipinski definition) is 4. The Kier molecular flexibility index (Phi) is 6.16. The minimum Gasteiger partial charge on any atom is -0.479 e. The first kappa shape index (κ1) is 12.0. The molecular weight excluding hydrogens is 144 g/mol. The van der Waals surface area contributed by atoms with Gasteiger partial charge in [0.2, 0.25) is 0 Å². The second-order valence-electron chi connectivity index (χ2n) is 1.53. The van der Waals surface area contributed by atoms with Crippen molar-refractivity contribution in [1.29, 1.82) is 0 Å². The minimum atomic E-state index is -1.89. The summed E-state index contributed by atoms with van der Waals surface area (Å²) in [5.41, 5.74) is 0. The van der Waals surface area contributed by atoms with Crippen molar-refractivity contribution in [2.45, 2.75) is 12.2 Å². The smallest absolute Gasteiger partial charge is 0.335 e. The maximum absolute atomic E-state index is 9.78. The summed E-state index contributed by atoms with van der Waals surface area (Å²) in [7, 11) is 0. The predicted octanol–water partition coefficient (Wildman–Crippen LogP) is -3.04. The fourth-order valence-corrected chi connectivity index (χ4v) is 0.264. The van der Waals surface area contributed by atoms with Gasteiger partial charge < -0.3 is 25.9 Å². The minimum absolute atomic E-state index is 0. The van der Waals surface area contributed by atoms with Crippen LogP contribution in [0.4, 0.5) is 0 Å². The molecule has 2 unspecified atom stereocenters. The van der Waals surface area contributed by atoms with Gasteiger partial charge in [-0.05, 0) is 0 Å². The van der Waals surface area contributed by atoms with E-state index >= 15 is 0 Å². The number of hydrogen-bond acceptors (Lipinski definition) is 4. The molecule has 0 saturated heterocycles. The lowest BCUT2D eigenvalue weighted by atomic mass is 10.2. The summed E-state index contributed by atoms with van der Waals surface area (Å²) in [6, 6.07) is 0. The molecule has 0 aliphatic heterocycles. The van der Waals surface area contributed by atoms with Crippen LogP contribution in [0.15, 0.2) is 0 Å². The summed E-state index contributed by atoms with van der Waals surface area (Å²) in [6.07, 6.45) is -3.49. The van der Waals surface area contributed by atoms with Gasteiger partial charge in [0.1, 0.15) is 6.10 Å². The van der Waals surface area contributed by atoms with Gasteiger partial charge in [-0.3, -0.25) is 0 Å². The lowest BCUT2D eigenvalue weighted by molar-refractivity contribution is -0.154. The van der Waals surface area contributed by atoms with Crippen molar-refractivity contribution < 1.29 is 30.7 Å². The van der Waals surface area contributed by atoms with Gasteiger partial charge in [0.05, 0.1) is 6.61 Å². The van der Waals surface area contributed by atoms with Gasteiger partial charge in [0.25, 0.3) is 0 Å². The van der Waals surface area contributed by atoms with Gasteiger partial charge in [-0.15, -0.1) is 0 Å². The molecular formula is C4H10O6. The molecule has 0 amide bonds. The van der Waals surface area contributed by atoms with Crippen molar-refractivity contribution in [2.75, 3.05) is 6.61 Å². The van der Waals surface area contributed by atoms with Crippen LogP contribution in [0.3, 0.4) is 0 Å². The van der Waals surface area contributed by atoms with Gasteiger partial charge in [-0.2, -0.15) is 0 Å². The summed E-state index contributed by atoms with van der Waals surface area (Å²) in [5, 5.41) is 32.8. The molecule has 10 heavy (non-hydrogen) atoms. The molecule has 0 spiro atoms. The topological polar surface area (TPSA) is 129 Å². The number of carboxylic acids is 1. The summed E-state index contributed by atoms with van der Waals surface area (Å²) in [6.45, 7) is -0.756. The van der Waals surface area contributed by atoms with Gasteiger partial charge in [0, 0.05) is 0 Å². The first-order valence-electron chi connectivity index (χ1n) is 2.29. The lowest BCUT2D eigenvalue weighted by Crippen LogP contribution is -2.36. The van der Waals surface area contributed by atoms with Crippen molar-refractivity contribution in [3.05, 3.63) is 0 Å². The van der Waals surface area contributed by atoms with Crippen LogP contribution >= 0.6 is 0 Å². The zero-order valence-corrected chi connectivity index (χ0v) is 5.06. The van der Waals surface area contributed by atoms with E-state index < -0.39 is 24.8 Å². The first-order chi connectivity index (χ1) is 4.09. The molecule has 6 N–H and O–H groups in total. The van der Waals surface area contributed by atoms with E-state index in [0.717, 1.165) is 0 Å². The van der Waals surface area contributed by atoms with Crippen LogP contribution in [0.2, 0.25) is 0 Å². The quantitative estimate of drug-likeness (QED) is 0.343. The maximum atomic E-state index is 9.78. The molecule has 0 heterocycles. The van der Waals surface area contributed by atoms with E-state index in [1.807, 2.05) is 0 Å². The van der Waals surface area contributed by atoms with Crippen LogP contribution in [0, 0.1) is 0 Å². The van der Waals surface area contributed by atoms with Crippen LogP contribution in [-0.2, 0) is 4.79 Å². The van der Waals surface area contributed by atoms with Crippen molar-refractivity contribution >= 4 is 5.97 Å². The lowest BCUT2D eigenvalue weighted by Gasteiger charge is -2.09. The molecule has 62 valence electrons. The van der Waals surface area contributed by atoms with E-state index in [0.29, 0.717) is 0 Å². The van der Waals surface area contributed by atoms with Crippen molar-refractivity contribution in [3.63, 3.8) is 0 Å². The SMILES string of the molecule is O.O=C(O)C(O)C(O)CO. The van der Waals surface area contributed by atoms with Crippen molar-refractivity contribution in [3.8, 4) is 0 Å². The Balaban J connectivity index is 0. The highest BCUT2D eigenvalue weighted by Gasteiger charge is 2.21. The summed E-state index contributed by atoms with van der Waals surface area (Å²) in [4.78, 5) is 9.78. The van der Waals surface area contributed by atoms with Crippen molar-refractivity contribution in [1.82, 2.24) is 0 Å². The highest BCUT2D eigenvalue weighted by atomic mass is 16.4. The van der Waals surface area contributed by atoms with Gasteiger partial charge in [-0.25, -0.2) is 4.79 Å². The Labute approximate surface area is 56.7 Å². The molecule has 6 nitrogen and oxygen atoms in total. The molecule has 0 radical (unpaired) electrons. The molecule has 6 heteroatoms. The second-order valence-corrected chi connectivity index (χ2v) is 1.53. The Morgan fingerprint density at radius 2 is 1.80 bits per heavy atom. The largest absolute Gasteiger partial charge is 0.479 e. The van der Waals surface area contributed by atoms with Crippen LogP contribution in [0.25, 0.3) is 0 Å². The molecule has 0 rings (SSSR count). The fourth-order valence-electron chi connectivity index (χ4n) is 0.264. The van der Waals surface area contributed by atoms with Gasteiger partial charge in [0.15, 0.2) is 6.10 Å². The third kappa shape index (κ3) is 3.36. The summed E-state index contributed by atoms with van der Waals surface area (Å²) >= 11 is 0. The summed E-state index contributed by atoms with van der Waals surface area (Å²) < 4.78 is 0. The Bertz CT molecular complexity index is 102. The Morgan fingerprint density at radius 3 is 1.90 bits per heavy atom. The number of aliphatic hydroxyl groups excluding tert-OH is 3. The maximum Gasteiger partial charge on any atom is 0.335 e. The molecule has 0 bridgehead atoms.